The smallest absolute Gasteiger partial charge is 0.249 e. The Morgan fingerprint density at radius 2 is 2.04 bits per heavy atom. The second kappa shape index (κ2) is 9.28. The molecule has 0 heterocycles. The number of hydrogen-bond donors (Lipinski definition) is 1. The summed E-state index contributed by atoms with van der Waals surface area (Å²) in [5.41, 5.74) is 3.35. The van der Waals surface area contributed by atoms with E-state index in [0.717, 1.165) is 42.5 Å². The fourth-order valence-electron chi connectivity index (χ4n) is 3.50. The zero-order chi connectivity index (χ0) is 17.5. The predicted molar refractivity (Wildman–Crippen MR) is 101 cm³/mol. The zero-order valence-corrected chi connectivity index (χ0v) is 16.1. The van der Waals surface area contributed by atoms with Crippen LogP contribution < -0.4 is 5.32 Å². The summed E-state index contributed by atoms with van der Waals surface area (Å²) >= 11 is 3.63. The van der Waals surface area contributed by atoms with Crippen molar-refractivity contribution in [2.24, 2.45) is 5.18 Å². The number of hydrogen-bond acceptors (Lipinski definition) is 4. The van der Waals surface area contributed by atoms with Crippen molar-refractivity contribution >= 4 is 27.5 Å². The molecule has 6 heteroatoms. The molecule has 1 aliphatic carbocycles. The van der Waals surface area contributed by atoms with E-state index < -0.39 is 0 Å². The highest BCUT2D eigenvalue weighted by Crippen LogP contribution is 2.35. The lowest BCUT2D eigenvalue weighted by molar-refractivity contribution is -0.114. The van der Waals surface area contributed by atoms with Crippen molar-refractivity contribution in [3.63, 3.8) is 0 Å². The number of nitroso groups, excluding NO2 is 1. The fourth-order valence-corrected chi connectivity index (χ4v) is 4.18. The van der Waals surface area contributed by atoms with Crippen LogP contribution in [0.1, 0.15) is 44.2 Å². The SMILES string of the molecule is CCCN(CCC)C1CCc2c(ccc(NC(=O)CN=O)c2Br)C1. The van der Waals surface area contributed by atoms with Crippen LogP contribution >= 0.6 is 15.9 Å². The van der Waals surface area contributed by atoms with Gasteiger partial charge in [-0.2, -0.15) is 4.91 Å². The Morgan fingerprint density at radius 3 is 2.67 bits per heavy atom. The Balaban J connectivity index is 2.14. The van der Waals surface area contributed by atoms with Gasteiger partial charge in [-0.25, -0.2) is 0 Å². The van der Waals surface area contributed by atoms with Crippen molar-refractivity contribution in [1.29, 1.82) is 0 Å². The van der Waals surface area contributed by atoms with Gasteiger partial charge in [-0.3, -0.25) is 4.79 Å². The third-order valence-corrected chi connectivity index (χ3v) is 5.45. The summed E-state index contributed by atoms with van der Waals surface area (Å²) in [5.74, 6) is -0.378. The van der Waals surface area contributed by atoms with Gasteiger partial charge in [0, 0.05) is 10.5 Å². The van der Waals surface area contributed by atoms with E-state index in [1.54, 1.807) is 0 Å². The molecule has 24 heavy (non-hydrogen) atoms. The number of benzene rings is 1. The lowest BCUT2D eigenvalue weighted by Gasteiger charge is -2.35. The molecule has 0 radical (unpaired) electrons. The number of carbonyl (C=O) groups excluding carboxylic acids is 1. The van der Waals surface area contributed by atoms with E-state index in [0.29, 0.717) is 6.04 Å². The van der Waals surface area contributed by atoms with Gasteiger partial charge < -0.3 is 10.2 Å². The fraction of sp³-hybridized carbons (Fsp3) is 0.611. The summed E-state index contributed by atoms with van der Waals surface area (Å²) in [7, 11) is 0. The minimum Gasteiger partial charge on any atom is -0.323 e. The molecule has 1 unspecified atom stereocenters. The molecule has 0 fully saturated rings. The molecule has 5 nitrogen and oxygen atoms in total. The molecule has 132 valence electrons. The van der Waals surface area contributed by atoms with E-state index in [2.05, 4.69) is 51.2 Å². The van der Waals surface area contributed by atoms with Gasteiger partial charge in [0.15, 0.2) is 6.54 Å². The molecule has 0 aliphatic heterocycles. The Kier molecular flexibility index (Phi) is 7.37. The van der Waals surface area contributed by atoms with E-state index in [1.807, 2.05) is 6.07 Å². The predicted octanol–water partition coefficient (Wildman–Crippen LogP) is 4.13. The van der Waals surface area contributed by atoms with Gasteiger partial charge in [0.1, 0.15) is 0 Å². The molecular formula is C18H26BrN3O2. The van der Waals surface area contributed by atoms with Crippen LogP contribution in [-0.2, 0) is 17.6 Å². The third-order valence-electron chi connectivity index (χ3n) is 4.54. The molecular weight excluding hydrogens is 370 g/mol. The van der Waals surface area contributed by atoms with Crippen LogP contribution in [0.25, 0.3) is 0 Å². The lowest BCUT2D eigenvalue weighted by atomic mass is 9.87. The third kappa shape index (κ3) is 4.63. The van der Waals surface area contributed by atoms with Crippen molar-refractivity contribution in [2.75, 3.05) is 25.0 Å². The maximum absolute atomic E-state index is 11.6. The maximum atomic E-state index is 11.6. The summed E-state index contributed by atoms with van der Waals surface area (Å²) in [5, 5.41) is 5.38. The quantitative estimate of drug-likeness (QED) is 0.672. The number of fused-ring (bicyclic) bond motifs is 1. The number of rotatable bonds is 8. The first-order chi connectivity index (χ1) is 11.6. The molecule has 0 spiro atoms. The Bertz CT molecular complexity index is 586. The van der Waals surface area contributed by atoms with Crippen molar-refractivity contribution in [1.82, 2.24) is 4.90 Å². The van der Waals surface area contributed by atoms with Gasteiger partial charge in [-0.1, -0.05) is 25.1 Å². The highest BCUT2D eigenvalue weighted by molar-refractivity contribution is 9.10. The monoisotopic (exact) mass is 395 g/mol. The van der Waals surface area contributed by atoms with E-state index >= 15 is 0 Å². The standard InChI is InChI=1S/C18H26BrN3O2/c1-3-9-22(10-4-2)14-6-7-15-13(11-14)5-8-16(18(15)19)21-17(23)12-20-24/h5,8,14H,3-4,6-7,9-12H2,1-2H3,(H,21,23). The van der Waals surface area contributed by atoms with Gasteiger partial charge >= 0.3 is 0 Å². The minimum absolute atomic E-state index is 0.353. The topological polar surface area (TPSA) is 61.8 Å². The van der Waals surface area contributed by atoms with Gasteiger partial charge in [0.25, 0.3) is 0 Å². The molecule has 1 atom stereocenters. The van der Waals surface area contributed by atoms with E-state index in [9.17, 15) is 9.70 Å². The van der Waals surface area contributed by atoms with Crippen LogP contribution in [0.15, 0.2) is 21.8 Å². The summed E-state index contributed by atoms with van der Waals surface area (Å²) in [6, 6.07) is 4.62. The Morgan fingerprint density at radius 1 is 1.33 bits per heavy atom. The molecule has 1 N–H and O–H groups in total. The summed E-state index contributed by atoms with van der Waals surface area (Å²) in [6.45, 7) is 6.43. The van der Waals surface area contributed by atoms with Crippen LogP contribution in [0.4, 0.5) is 5.69 Å². The highest BCUT2D eigenvalue weighted by Gasteiger charge is 2.25. The van der Waals surface area contributed by atoms with E-state index in [4.69, 9.17) is 0 Å². The average molecular weight is 396 g/mol. The molecule has 1 amide bonds. The molecule has 0 saturated heterocycles. The summed E-state index contributed by atoms with van der Waals surface area (Å²) in [4.78, 5) is 24.4. The number of nitrogens with one attached hydrogen (secondary N) is 1. The second-order valence-corrected chi connectivity index (χ2v) is 7.13. The number of halogens is 1. The van der Waals surface area contributed by atoms with Crippen molar-refractivity contribution in [2.45, 2.75) is 52.0 Å². The maximum Gasteiger partial charge on any atom is 0.249 e. The van der Waals surface area contributed by atoms with Crippen molar-refractivity contribution in [3.05, 3.63) is 32.6 Å². The second-order valence-electron chi connectivity index (χ2n) is 6.33. The van der Waals surface area contributed by atoms with Crippen LogP contribution in [0.3, 0.4) is 0 Å². The number of amides is 1. The van der Waals surface area contributed by atoms with Crippen LogP contribution in [-0.4, -0.2) is 36.5 Å². The lowest BCUT2D eigenvalue weighted by Crippen LogP contribution is -2.40. The highest BCUT2D eigenvalue weighted by atomic mass is 79.9. The van der Waals surface area contributed by atoms with E-state index in [-0.39, 0.29) is 12.5 Å². The first kappa shape index (κ1) is 19.1. The number of anilines is 1. The van der Waals surface area contributed by atoms with Crippen molar-refractivity contribution in [3.8, 4) is 0 Å². The van der Waals surface area contributed by atoms with E-state index in [1.165, 1.54) is 24.0 Å². The van der Waals surface area contributed by atoms with Crippen LogP contribution in [0, 0.1) is 4.91 Å². The van der Waals surface area contributed by atoms with Gasteiger partial charge in [0.05, 0.1) is 5.69 Å². The molecule has 2 rings (SSSR count). The minimum atomic E-state index is -0.378. The molecule has 0 saturated carbocycles. The average Bonchev–Trinajstić information content (AvgIpc) is 2.57. The first-order valence-corrected chi connectivity index (χ1v) is 9.53. The zero-order valence-electron chi connectivity index (χ0n) is 14.5. The number of nitrogens with zero attached hydrogens (tertiary/aromatic N) is 2. The van der Waals surface area contributed by atoms with Gasteiger partial charge in [-0.15, -0.1) is 0 Å². The van der Waals surface area contributed by atoms with Crippen molar-refractivity contribution < 1.29 is 4.79 Å². The summed E-state index contributed by atoms with van der Waals surface area (Å²) in [6.07, 6.45) is 5.56. The molecule has 0 aromatic heterocycles. The van der Waals surface area contributed by atoms with Gasteiger partial charge in [0.2, 0.25) is 5.91 Å². The first-order valence-electron chi connectivity index (χ1n) is 8.73. The number of carbonyl (C=O) groups is 1. The van der Waals surface area contributed by atoms with Crippen LogP contribution in [0.2, 0.25) is 0 Å². The molecule has 1 aromatic rings. The summed E-state index contributed by atoms with van der Waals surface area (Å²) < 4.78 is 0.940. The Hall–Kier alpha value is -1.27. The van der Waals surface area contributed by atoms with Gasteiger partial charge in [-0.05, 0) is 78.3 Å². The van der Waals surface area contributed by atoms with Crippen LogP contribution in [0.5, 0.6) is 0 Å². The normalized spacial score (nSPS) is 16.8. The Labute approximate surface area is 152 Å². The molecule has 1 aliphatic rings. The molecule has 0 bridgehead atoms. The largest absolute Gasteiger partial charge is 0.323 e. The molecule has 1 aromatic carbocycles.